The van der Waals surface area contributed by atoms with E-state index in [2.05, 4.69) is 0 Å². The molecule has 0 amide bonds. The molecule has 1 aliphatic rings. The Labute approximate surface area is 126 Å². The second-order valence-corrected chi connectivity index (χ2v) is 5.30. The van der Waals surface area contributed by atoms with Crippen LogP contribution in [0.25, 0.3) is 21.9 Å². The molecule has 0 radical (unpaired) electrons. The van der Waals surface area contributed by atoms with Gasteiger partial charge in [0.25, 0.3) is 0 Å². The number of ether oxygens (including phenoxy) is 3. The zero-order valence-corrected chi connectivity index (χ0v) is 12.5. The monoisotopic (exact) mass is 298 g/mol. The third-order valence-corrected chi connectivity index (χ3v) is 4.11. The molecule has 0 saturated carbocycles. The summed E-state index contributed by atoms with van der Waals surface area (Å²) in [5.74, 6) is 0.864. The van der Waals surface area contributed by atoms with Crippen LogP contribution in [0, 0.1) is 6.92 Å². The molecule has 4 rings (SSSR count). The van der Waals surface area contributed by atoms with Gasteiger partial charge in [-0.3, -0.25) is 0 Å². The summed E-state index contributed by atoms with van der Waals surface area (Å²) in [6.07, 6.45) is 0. The van der Waals surface area contributed by atoms with Gasteiger partial charge in [-0.25, -0.2) is 4.79 Å². The summed E-state index contributed by atoms with van der Waals surface area (Å²) in [7, 11) is 3.15. The highest BCUT2D eigenvalue weighted by Gasteiger charge is 2.30. The Balaban J connectivity index is 2.19. The number of methoxy groups -OCH3 is 2. The number of cyclic esters (lactones) is 1. The number of fused-ring (bicyclic) bond motifs is 5. The molecular formula is C17H14O5. The molecular weight excluding hydrogens is 284 g/mol. The predicted octanol–water partition coefficient (Wildman–Crippen LogP) is 3.58. The van der Waals surface area contributed by atoms with Crippen LogP contribution >= 0.6 is 0 Å². The van der Waals surface area contributed by atoms with Crippen LogP contribution in [0.3, 0.4) is 0 Å². The van der Waals surface area contributed by atoms with Gasteiger partial charge in [0.15, 0.2) is 0 Å². The fourth-order valence-electron chi connectivity index (χ4n) is 3.14. The molecule has 0 atom stereocenters. The van der Waals surface area contributed by atoms with Gasteiger partial charge in [0.1, 0.15) is 34.8 Å². The number of hydrogen-bond acceptors (Lipinski definition) is 5. The molecule has 0 fully saturated rings. The lowest BCUT2D eigenvalue weighted by atomic mass is 9.99. The van der Waals surface area contributed by atoms with E-state index in [-0.39, 0.29) is 12.6 Å². The van der Waals surface area contributed by atoms with E-state index in [1.165, 1.54) is 7.11 Å². The van der Waals surface area contributed by atoms with Crippen molar-refractivity contribution in [3.8, 4) is 11.5 Å². The highest BCUT2D eigenvalue weighted by atomic mass is 16.5. The van der Waals surface area contributed by atoms with Crippen molar-refractivity contribution in [2.75, 3.05) is 14.2 Å². The molecule has 5 nitrogen and oxygen atoms in total. The lowest BCUT2D eigenvalue weighted by Gasteiger charge is -2.05. The summed E-state index contributed by atoms with van der Waals surface area (Å²) in [5.41, 5.74) is 3.75. The van der Waals surface area contributed by atoms with E-state index in [1.807, 2.05) is 19.1 Å². The minimum atomic E-state index is -0.353. The third kappa shape index (κ3) is 1.56. The fourth-order valence-corrected chi connectivity index (χ4v) is 3.14. The smallest absolute Gasteiger partial charge is 0.342 e. The Kier molecular flexibility index (Phi) is 2.60. The summed E-state index contributed by atoms with van der Waals surface area (Å²) >= 11 is 0. The molecule has 3 aromatic rings. The minimum Gasteiger partial charge on any atom is -0.497 e. The first-order chi connectivity index (χ1) is 10.6. The summed E-state index contributed by atoms with van der Waals surface area (Å²) in [6, 6.07) is 5.54. The van der Waals surface area contributed by atoms with Crippen LogP contribution in [0.4, 0.5) is 0 Å². The Morgan fingerprint density at radius 2 is 1.82 bits per heavy atom. The largest absolute Gasteiger partial charge is 0.497 e. The van der Waals surface area contributed by atoms with Crippen LogP contribution < -0.4 is 9.47 Å². The van der Waals surface area contributed by atoms with Gasteiger partial charge in [0, 0.05) is 28.5 Å². The van der Waals surface area contributed by atoms with E-state index in [0.29, 0.717) is 16.9 Å². The van der Waals surface area contributed by atoms with E-state index in [4.69, 9.17) is 18.6 Å². The highest BCUT2D eigenvalue weighted by molar-refractivity contribution is 6.13. The molecule has 0 spiro atoms. The standard InChI is InChI=1S/C17H14O5/c1-8-4-9(19-2)5-12-14(8)15-10-7-21-17(18)16(10)11(20-3)6-13(15)22-12/h4-6H,7H2,1-3H3. The number of hydrogen-bond donors (Lipinski definition) is 0. The van der Waals surface area contributed by atoms with Gasteiger partial charge in [-0.1, -0.05) is 0 Å². The van der Waals surface area contributed by atoms with Gasteiger partial charge in [-0.05, 0) is 18.6 Å². The van der Waals surface area contributed by atoms with Crippen LogP contribution in [0.5, 0.6) is 11.5 Å². The van der Waals surface area contributed by atoms with Crippen LogP contribution in [0.15, 0.2) is 22.6 Å². The lowest BCUT2D eigenvalue weighted by Crippen LogP contribution is -1.98. The summed E-state index contributed by atoms with van der Waals surface area (Å²) in [5, 5.41) is 1.89. The van der Waals surface area contributed by atoms with Crippen molar-refractivity contribution in [1.29, 1.82) is 0 Å². The van der Waals surface area contributed by atoms with Crippen molar-refractivity contribution in [1.82, 2.24) is 0 Å². The van der Waals surface area contributed by atoms with Crippen LogP contribution in [-0.4, -0.2) is 20.2 Å². The number of carbonyl (C=O) groups excluding carboxylic acids is 1. The maximum Gasteiger partial charge on any atom is 0.342 e. The molecule has 0 bridgehead atoms. The molecule has 22 heavy (non-hydrogen) atoms. The quantitative estimate of drug-likeness (QED) is 0.677. The summed E-state index contributed by atoms with van der Waals surface area (Å²) in [4.78, 5) is 12.0. The van der Waals surface area contributed by atoms with E-state index < -0.39 is 0 Å². The first-order valence-corrected chi connectivity index (χ1v) is 6.92. The number of carbonyl (C=O) groups is 1. The highest BCUT2D eigenvalue weighted by Crippen LogP contribution is 2.42. The SMILES string of the molecule is COc1cc(C)c2c(c1)oc1cc(OC)c3c(c12)COC3=O. The predicted molar refractivity (Wildman–Crippen MR) is 80.7 cm³/mol. The first kappa shape index (κ1) is 13.0. The fraction of sp³-hybridized carbons (Fsp3) is 0.235. The van der Waals surface area contributed by atoms with E-state index in [9.17, 15) is 4.79 Å². The third-order valence-electron chi connectivity index (χ3n) is 4.11. The average molecular weight is 298 g/mol. The molecule has 1 aromatic heterocycles. The van der Waals surface area contributed by atoms with Crippen molar-refractivity contribution in [3.05, 3.63) is 34.9 Å². The van der Waals surface area contributed by atoms with Gasteiger partial charge in [-0.2, -0.15) is 0 Å². The van der Waals surface area contributed by atoms with Crippen molar-refractivity contribution in [3.63, 3.8) is 0 Å². The van der Waals surface area contributed by atoms with Gasteiger partial charge >= 0.3 is 5.97 Å². The molecule has 0 saturated heterocycles. The van der Waals surface area contributed by atoms with Crippen molar-refractivity contribution < 1.29 is 23.4 Å². The zero-order valence-electron chi connectivity index (χ0n) is 12.5. The van der Waals surface area contributed by atoms with Crippen molar-refractivity contribution in [2.24, 2.45) is 0 Å². The first-order valence-electron chi connectivity index (χ1n) is 6.92. The van der Waals surface area contributed by atoms with Gasteiger partial charge in [-0.15, -0.1) is 0 Å². The second-order valence-electron chi connectivity index (χ2n) is 5.30. The molecule has 112 valence electrons. The summed E-state index contributed by atoms with van der Waals surface area (Å²) in [6.45, 7) is 2.23. The molecule has 2 aromatic carbocycles. The summed E-state index contributed by atoms with van der Waals surface area (Å²) < 4.78 is 21.8. The number of aryl methyl sites for hydroxylation is 1. The minimum absolute atomic E-state index is 0.238. The molecule has 1 aliphatic heterocycles. The number of rotatable bonds is 2. The molecule has 0 unspecified atom stereocenters. The Bertz CT molecular complexity index is 936. The van der Waals surface area contributed by atoms with Crippen LogP contribution in [0.1, 0.15) is 21.5 Å². The Morgan fingerprint density at radius 1 is 1.05 bits per heavy atom. The van der Waals surface area contributed by atoms with E-state index >= 15 is 0 Å². The van der Waals surface area contributed by atoms with Crippen molar-refractivity contribution >= 4 is 27.9 Å². The number of furan rings is 1. The number of esters is 1. The molecule has 0 aliphatic carbocycles. The Hall–Kier alpha value is -2.69. The van der Waals surface area contributed by atoms with Gasteiger partial charge in [0.05, 0.1) is 14.2 Å². The lowest BCUT2D eigenvalue weighted by molar-refractivity contribution is 0.0533. The van der Waals surface area contributed by atoms with E-state index in [0.717, 1.165) is 33.2 Å². The van der Waals surface area contributed by atoms with Crippen molar-refractivity contribution in [2.45, 2.75) is 13.5 Å². The van der Waals surface area contributed by atoms with Gasteiger partial charge < -0.3 is 18.6 Å². The van der Waals surface area contributed by atoms with E-state index in [1.54, 1.807) is 13.2 Å². The van der Waals surface area contributed by atoms with Crippen LogP contribution in [-0.2, 0) is 11.3 Å². The molecule has 2 heterocycles. The second kappa shape index (κ2) is 4.40. The average Bonchev–Trinajstić information content (AvgIpc) is 3.07. The maximum absolute atomic E-state index is 12.0. The topological polar surface area (TPSA) is 57.9 Å². The maximum atomic E-state index is 12.0. The molecule has 5 heteroatoms. The zero-order chi connectivity index (χ0) is 15.4. The normalized spacial score (nSPS) is 13.5. The van der Waals surface area contributed by atoms with Gasteiger partial charge in [0.2, 0.25) is 0 Å². The Morgan fingerprint density at radius 3 is 2.55 bits per heavy atom. The van der Waals surface area contributed by atoms with Crippen LogP contribution in [0.2, 0.25) is 0 Å². The molecule has 0 N–H and O–H groups in total. The number of benzene rings is 2.